The fourth-order valence-corrected chi connectivity index (χ4v) is 2.25. The zero-order chi connectivity index (χ0) is 11.7. The lowest BCUT2D eigenvalue weighted by Gasteiger charge is -2.17. The second kappa shape index (κ2) is 4.33. The number of halogens is 2. The van der Waals surface area contributed by atoms with E-state index in [-0.39, 0.29) is 11.8 Å². The molecule has 1 aromatic heterocycles. The Morgan fingerprint density at radius 2 is 2.38 bits per heavy atom. The summed E-state index contributed by atoms with van der Waals surface area (Å²) in [5.41, 5.74) is 0.607. The van der Waals surface area contributed by atoms with Gasteiger partial charge in [-0.1, -0.05) is 6.08 Å². The number of hydrogen-bond acceptors (Lipinski definition) is 2. The molecule has 1 aliphatic heterocycles. The van der Waals surface area contributed by atoms with Crippen LogP contribution in [0.25, 0.3) is 0 Å². The fourth-order valence-electron chi connectivity index (χ4n) is 1.73. The van der Waals surface area contributed by atoms with Gasteiger partial charge in [-0.3, -0.25) is 4.79 Å². The molecule has 1 fully saturated rings. The molecule has 2 heterocycles. The van der Waals surface area contributed by atoms with Crippen molar-refractivity contribution in [2.75, 3.05) is 11.4 Å². The highest BCUT2D eigenvalue weighted by molar-refractivity contribution is 9.10. The molecule has 0 aromatic carbocycles. The van der Waals surface area contributed by atoms with Crippen LogP contribution >= 0.6 is 15.9 Å². The summed E-state index contributed by atoms with van der Waals surface area (Å²) in [6.45, 7) is 4.25. The standard InChI is InChI=1S/C11H10BrFN2O/c1-2-7-5-10(16)15(6-7)8-3-4-9(13)14-11(8)12/h2-4,7H,1,5-6H2. The summed E-state index contributed by atoms with van der Waals surface area (Å²) in [4.78, 5) is 17.0. The van der Waals surface area contributed by atoms with Crippen LogP contribution in [0.1, 0.15) is 6.42 Å². The van der Waals surface area contributed by atoms with Crippen molar-refractivity contribution in [2.24, 2.45) is 5.92 Å². The van der Waals surface area contributed by atoms with Crippen LogP contribution in [-0.4, -0.2) is 17.4 Å². The van der Waals surface area contributed by atoms with Gasteiger partial charge >= 0.3 is 0 Å². The van der Waals surface area contributed by atoms with Crippen molar-refractivity contribution < 1.29 is 9.18 Å². The number of pyridine rings is 1. The Balaban J connectivity index is 2.31. The molecule has 1 atom stereocenters. The average Bonchev–Trinajstić information content (AvgIpc) is 2.60. The maximum atomic E-state index is 12.8. The molecule has 16 heavy (non-hydrogen) atoms. The van der Waals surface area contributed by atoms with Gasteiger partial charge in [0.05, 0.1) is 5.69 Å². The smallest absolute Gasteiger partial charge is 0.227 e. The van der Waals surface area contributed by atoms with E-state index in [0.29, 0.717) is 23.3 Å². The molecular formula is C11H10BrFN2O. The first kappa shape index (κ1) is 11.3. The van der Waals surface area contributed by atoms with E-state index in [0.717, 1.165) is 0 Å². The number of rotatable bonds is 2. The molecule has 1 aromatic rings. The molecule has 0 spiro atoms. The van der Waals surface area contributed by atoms with Crippen LogP contribution in [0.2, 0.25) is 0 Å². The molecule has 0 bridgehead atoms. The summed E-state index contributed by atoms with van der Waals surface area (Å²) in [7, 11) is 0. The van der Waals surface area contributed by atoms with E-state index in [1.807, 2.05) is 0 Å². The van der Waals surface area contributed by atoms with Gasteiger partial charge in [-0.15, -0.1) is 6.58 Å². The van der Waals surface area contributed by atoms with E-state index in [4.69, 9.17) is 0 Å². The van der Waals surface area contributed by atoms with Crippen LogP contribution in [0.4, 0.5) is 10.1 Å². The highest BCUT2D eigenvalue weighted by atomic mass is 79.9. The molecule has 1 saturated heterocycles. The van der Waals surface area contributed by atoms with E-state index >= 15 is 0 Å². The van der Waals surface area contributed by atoms with E-state index in [9.17, 15) is 9.18 Å². The quantitative estimate of drug-likeness (QED) is 0.618. The molecule has 0 saturated carbocycles. The number of aromatic nitrogens is 1. The molecule has 1 unspecified atom stereocenters. The first-order valence-corrected chi connectivity index (χ1v) is 5.66. The Kier molecular flexibility index (Phi) is 3.05. The van der Waals surface area contributed by atoms with E-state index in [1.54, 1.807) is 17.0 Å². The predicted octanol–water partition coefficient (Wildman–Crippen LogP) is 2.52. The molecule has 0 aliphatic carbocycles. The molecule has 1 aliphatic rings. The maximum absolute atomic E-state index is 12.8. The topological polar surface area (TPSA) is 33.2 Å². The second-order valence-corrected chi connectivity index (χ2v) is 4.40. The van der Waals surface area contributed by atoms with Gasteiger partial charge in [0.2, 0.25) is 11.9 Å². The number of anilines is 1. The van der Waals surface area contributed by atoms with Crippen LogP contribution in [0.5, 0.6) is 0 Å². The summed E-state index contributed by atoms with van der Waals surface area (Å²) in [5.74, 6) is -0.397. The van der Waals surface area contributed by atoms with Crippen molar-refractivity contribution in [2.45, 2.75) is 6.42 Å². The first-order valence-electron chi connectivity index (χ1n) is 4.87. The van der Waals surface area contributed by atoms with Crippen LogP contribution in [0.3, 0.4) is 0 Å². The van der Waals surface area contributed by atoms with Gasteiger partial charge in [0.1, 0.15) is 4.60 Å². The third-order valence-corrected chi connectivity index (χ3v) is 3.16. The lowest BCUT2D eigenvalue weighted by Crippen LogP contribution is -2.25. The zero-order valence-electron chi connectivity index (χ0n) is 8.49. The molecule has 3 nitrogen and oxygen atoms in total. The number of carbonyl (C=O) groups is 1. The number of hydrogen-bond donors (Lipinski definition) is 0. The lowest BCUT2D eigenvalue weighted by molar-refractivity contribution is -0.117. The zero-order valence-corrected chi connectivity index (χ0v) is 10.1. The van der Waals surface area contributed by atoms with Crippen LogP contribution in [0, 0.1) is 11.9 Å². The Hall–Kier alpha value is -1.23. The van der Waals surface area contributed by atoms with Crippen LogP contribution in [0.15, 0.2) is 29.4 Å². The van der Waals surface area contributed by atoms with Gasteiger partial charge in [0.25, 0.3) is 0 Å². The van der Waals surface area contributed by atoms with Gasteiger partial charge < -0.3 is 4.90 Å². The molecule has 5 heteroatoms. The predicted molar refractivity (Wildman–Crippen MR) is 62.6 cm³/mol. The largest absolute Gasteiger partial charge is 0.309 e. The van der Waals surface area contributed by atoms with Crippen LogP contribution < -0.4 is 4.90 Å². The van der Waals surface area contributed by atoms with Crippen molar-refractivity contribution in [1.82, 2.24) is 4.98 Å². The summed E-state index contributed by atoms with van der Waals surface area (Å²) >= 11 is 3.16. The van der Waals surface area contributed by atoms with E-state index < -0.39 is 5.95 Å². The van der Waals surface area contributed by atoms with Gasteiger partial charge in [0, 0.05) is 18.9 Å². The monoisotopic (exact) mass is 284 g/mol. The van der Waals surface area contributed by atoms with Gasteiger partial charge in [-0.2, -0.15) is 4.39 Å². The molecule has 84 valence electrons. The second-order valence-electron chi connectivity index (χ2n) is 3.65. The van der Waals surface area contributed by atoms with Gasteiger partial charge in [-0.05, 0) is 28.1 Å². The Morgan fingerprint density at radius 3 is 2.94 bits per heavy atom. The molecule has 1 amide bonds. The van der Waals surface area contributed by atoms with Crippen molar-refractivity contribution in [1.29, 1.82) is 0 Å². The molecule has 0 N–H and O–H groups in total. The third kappa shape index (κ3) is 2.00. The van der Waals surface area contributed by atoms with Crippen molar-refractivity contribution in [3.8, 4) is 0 Å². The van der Waals surface area contributed by atoms with Gasteiger partial charge in [-0.25, -0.2) is 4.98 Å². The highest BCUT2D eigenvalue weighted by Gasteiger charge is 2.30. The van der Waals surface area contributed by atoms with Crippen molar-refractivity contribution in [3.63, 3.8) is 0 Å². The Bertz CT molecular complexity index is 450. The first-order chi connectivity index (χ1) is 7.61. The summed E-state index contributed by atoms with van der Waals surface area (Å²) in [6.07, 6.45) is 2.22. The summed E-state index contributed by atoms with van der Waals surface area (Å²) < 4.78 is 13.2. The molecule has 2 rings (SSSR count). The summed E-state index contributed by atoms with van der Waals surface area (Å²) in [5, 5.41) is 0. The number of carbonyl (C=O) groups excluding carboxylic acids is 1. The van der Waals surface area contributed by atoms with Crippen LogP contribution in [-0.2, 0) is 4.79 Å². The minimum Gasteiger partial charge on any atom is -0.309 e. The third-order valence-electron chi connectivity index (χ3n) is 2.57. The number of amides is 1. The fraction of sp³-hybridized carbons (Fsp3) is 0.273. The van der Waals surface area contributed by atoms with E-state index in [1.165, 1.54) is 6.07 Å². The Labute approximate surface area is 101 Å². The normalized spacial score (nSPS) is 20.2. The van der Waals surface area contributed by atoms with E-state index in [2.05, 4.69) is 27.5 Å². The summed E-state index contributed by atoms with van der Waals surface area (Å²) in [6, 6.07) is 2.80. The Morgan fingerprint density at radius 1 is 1.62 bits per heavy atom. The maximum Gasteiger partial charge on any atom is 0.227 e. The SMILES string of the molecule is C=CC1CC(=O)N(c2ccc(F)nc2Br)C1. The van der Waals surface area contributed by atoms with Crippen molar-refractivity contribution >= 4 is 27.5 Å². The van der Waals surface area contributed by atoms with Gasteiger partial charge in [0.15, 0.2) is 0 Å². The molecule has 0 radical (unpaired) electrons. The minimum absolute atomic E-state index is 0.0130. The van der Waals surface area contributed by atoms with Crippen molar-refractivity contribution in [3.05, 3.63) is 35.3 Å². The molecular weight excluding hydrogens is 275 g/mol. The minimum atomic E-state index is -0.567. The lowest BCUT2D eigenvalue weighted by atomic mass is 10.1. The average molecular weight is 285 g/mol. The number of nitrogens with zero attached hydrogens (tertiary/aromatic N) is 2. The highest BCUT2D eigenvalue weighted by Crippen LogP contribution is 2.30.